The highest BCUT2D eigenvalue weighted by atomic mass is 32.2. The van der Waals surface area contributed by atoms with Crippen LogP contribution in [0.2, 0.25) is 0 Å². The summed E-state index contributed by atoms with van der Waals surface area (Å²) in [6.45, 7) is 1.38. The molecule has 0 aliphatic heterocycles. The van der Waals surface area contributed by atoms with Crippen LogP contribution in [0.1, 0.15) is 12.6 Å². The fourth-order valence-electron chi connectivity index (χ4n) is 1.49. The van der Waals surface area contributed by atoms with Crippen molar-refractivity contribution in [2.75, 3.05) is 12.9 Å². The van der Waals surface area contributed by atoms with Gasteiger partial charge in [0.15, 0.2) is 0 Å². The first-order valence-electron chi connectivity index (χ1n) is 5.67. The van der Waals surface area contributed by atoms with Crippen LogP contribution in [0, 0.1) is 0 Å². The summed E-state index contributed by atoms with van der Waals surface area (Å²) in [5.41, 5.74) is -0.593. The van der Waals surface area contributed by atoms with Crippen LogP contribution >= 0.6 is 11.8 Å². The van der Waals surface area contributed by atoms with Gasteiger partial charge in [0.25, 0.3) is 5.91 Å². The summed E-state index contributed by atoms with van der Waals surface area (Å²) in [5, 5.41) is 10.9. The molecule has 0 fully saturated rings. The van der Waals surface area contributed by atoms with Crippen LogP contribution in [0.25, 0.3) is 0 Å². The van der Waals surface area contributed by atoms with Gasteiger partial charge >= 0.3 is 5.92 Å². The van der Waals surface area contributed by atoms with E-state index in [1.165, 1.54) is 30.1 Å². The Morgan fingerprint density at radius 2 is 2.26 bits per heavy atom. The number of aliphatic hydroxyl groups excluding tert-OH is 1. The Hall–Kier alpha value is -1.21. The van der Waals surface area contributed by atoms with Crippen LogP contribution in [0.4, 0.5) is 8.78 Å². The molecule has 7 heteroatoms. The molecule has 2 N–H and O–H groups in total. The van der Waals surface area contributed by atoms with Gasteiger partial charge in [0.1, 0.15) is 5.69 Å². The average molecular weight is 290 g/mol. The van der Waals surface area contributed by atoms with E-state index in [1.807, 2.05) is 0 Å². The highest BCUT2D eigenvalue weighted by molar-refractivity contribution is 7.99. The van der Waals surface area contributed by atoms with Crippen molar-refractivity contribution in [1.82, 2.24) is 10.3 Å². The minimum absolute atomic E-state index is 0.197. The van der Waals surface area contributed by atoms with E-state index in [-0.39, 0.29) is 11.9 Å². The molecule has 0 unspecified atom stereocenters. The van der Waals surface area contributed by atoms with Crippen molar-refractivity contribution < 1.29 is 18.7 Å². The predicted molar refractivity (Wildman–Crippen MR) is 70.1 cm³/mol. The molecular formula is C12H16F2N2O2S. The molecule has 4 nitrogen and oxygen atoms in total. The first-order chi connectivity index (χ1) is 8.93. The van der Waals surface area contributed by atoms with Gasteiger partial charge in [-0.1, -0.05) is 6.07 Å². The van der Waals surface area contributed by atoms with Gasteiger partial charge in [0, 0.05) is 17.5 Å². The number of alkyl halides is 2. The number of halogens is 2. The second kappa shape index (κ2) is 6.81. The number of hydrogen-bond acceptors (Lipinski definition) is 4. The normalized spacial score (nSPS) is 14.8. The molecule has 0 saturated carbocycles. The van der Waals surface area contributed by atoms with E-state index in [9.17, 15) is 13.6 Å². The molecule has 1 aromatic heterocycles. The molecule has 1 heterocycles. The number of amides is 1. The third-order valence-electron chi connectivity index (χ3n) is 2.67. The lowest BCUT2D eigenvalue weighted by Gasteiger charge is -2.24. The van der Waals surface area contributed by atoms with Crippen LogP contribution in [0.15, 0.2) is 24.4 Å². The Morgan fingerprint density at radius 3 is 2.74 bits per heavy atom. The van der Waals surface area contributed by atoms with E-state index in [0.717, 1.165) is 6.07 Å². The van der Waals surface area contributed by atoms with Crippen LogP contribution in [0.3, 0.4) is 0 Å². The lowest BCUT2D eigenvalue weighted by Crippen LogP contribution is -2.47. The number of nitrogens with zero attached hydrogens (tertiary/aromatic N) is 1. The molecule has 0 spiro atoms. The molecule has 1 rings (SSSR count). The number of nitrogens with one attached hydrogen (secondary N) is 1. The SMILES string of the molecule is CS[C@H](CO)[C@@H](C)NC(=O)C(F)(F)c1ccccn1. The van der Waals surface area contributed by atoms with E-state index < -0.39 is 23.6 Å². The van der Waals surface area contributed by atoms with Crippen molar-refractivity contribution in [3.8, 4) is 0 Å². The van der Waals surface area contributed by atoms with Crippen molar-refractivity contribution >= 4 is 17.7 Å². The van der Waals surface area contributed by atoms with E-state index in [4.69, 9.17) is 5.11 Å². The minimum atomic E-state index is -3.69. The molecule has 0 radical (unpaired) electrons. The molecule has 0 bridgehead atoms. The topological polar surface area (TPSA) is 62.2 Å². The third-order valence-corrected chi connectivity index (χ3v) is 3.83. The monoisotopic (exact) mass is 290 g/mol. The smallest absolute Gasteiger partial charge is 0.366 e. The highest BCUT2D eigenvalue weighted by Gasteiger charge is 2.43. The molecule has 0 aliphatic carbocycles. The maximum atomic E-state index is 13.8. The Labute approximate surface area is 114 Å². The Bertz CT molecular complexity index is 413. The Morgan fingerprint density at radius 1 is 1.58 bits per heavy atom. The molecular weight excluding hydrogens is 274 g/mol. The second-order valence-electron chi connectivity index (χ2n) is 4.01. The lowest BCUT2D eigenvalue weighted by atomic mass is 10.1. The van der Waals surface area contributed by atoms with Crippen molar-refractivity contribution in [2.24, 2.45) is 0 Å². The standard InChI is InChI=1S/C12H16F2N2O2S/c1-8(9(7-17)19-2)16-11(18)12(13,14)10-5-3-4-6-15-10/h3-6,8-9,17H,7H2,1-2H3,(H,16,18)/t8-,9-/m1/s1. The predicted octanol–water partition coefficient (Wildman–Crippen LogP) is 1.40. The summed E-state index contributed by atoms with van der Waals surface area (Å²) >= 11 is 1.30. The molecule has 1 aromatic rings. The third kappa shape index (κ3) is 3.87. The van der Waals surface area contributed by atoms with Gasteiger partial charge in [-0.05, 0) is 25.3 Å². The summed E-state index contributed by atoms with van der Waals surface area (Å²) in [6.07, 6.45) is 2.94. The van der Waals surface area contributed by atoms with Crippen LogP contribution < -0.4 is 5.32 Å². The Balaban J connectivity index is 2.77. The van der Waals surface area contributed by atoms with E-state index in [2.05, 4.69) is 10.3 Å². The number of carbonyl (C=O) groups excluding carboxylic acids is 1. The van der Waals surface area contributed by atoms with Gasteiger partial charge in [-0.15, -0.1) is 0 Å². The van der Waals surface area contributed by atoms with Gasteiger partial charge in [-0.2, -0.15) is 20.5 Å². The first kappa shape index (κ1) is 15.8. The fourth-order valence-corrected chi connectivity index (χ4v) is 2.12. The maximum absolute atomic E-state index is 13.8. The van der Waals surface area contributed by atoms with Gasteiger partial charge < -0.3 is 10.4 Å². The number of carbonyl (C=O) groups is 1. The molecule has 0 aliphatic rings. The summed E-state index contributed by atoms with van der Waals surface area (Å²) in [7, 11) is 0. The van der Waals surface area contributed by atoms with Crippen LogP contribution in [-0.4, -0.2) is 40.2 Å². The van der Waals surface area contributed by atoms with Gasteiger partial charge in [0.2, 0.25) is 0 Å². The summed E-state index contributed by atoms with van der Waals surface area (Å²) in [6, 6.07) is 3.42. The quantitative estimate of drug-likeness (QED) is 0.831. The number of pyridine rings is 1. The summed E-state index contributed by atoms with van der Waals surface area (Å²) < 4.78 is 27.7. The van der Waals surface area contributed by atoms with Crippen molar-refractivity contribution in [3.05, 3.63) is 30.1 Å². The molecule has 19 heavy (non-hydrogen) atoms. The Kier molecular flexibility index (Phi) is 5.68. The van der Waals surface area contributed by atoms with Gasteiger partial charge in [-0.25, -0.2) is 0 Å². The zero-order valence-electron chi connectivity index (χ0n) is 10.6. The summed E-state index contributed by atoms with van der Waals surface area (Å²) in [4.78, 5) is 15.1. The maximum Gasteiger partial charge on any atom is 0.366 e. The molecule has 0 saturated heterocycles. The number of aliphatic hydroxyl groups is 1. The second-order valence-corrected chi connectivity index (χ2v) is 5.09. The van der Waals surface area contributed by atoms with Gasteiger partial charge in [-0.3, -0.25) is 9.78 Å². The van der Waals surface area contributed by atoms with Crippen molar-refractivity contribution in [3.63, 3.8) is 0 Å². The summed E-state index contributed by atoms with van der Waals surface area (Å²) in [5.74, 6) is -5.10. The largest absolute Gasteiger partial charge is 0.395 e. The number of aromatic nitrogens is 1. The highest BCUT2D eigenvalue weighted by Crippen LogP contribution is 2.26. The van der Waals surface area contributed by atoms with Crippen molar-refractivity contribution in [2.45, 2.75) is 24.1 Å². The van der Waals surface area contributed by atoms with Crippen LogP contribution in [0.5, 0.6) is 0 Å². The molecule has 2 atom stereocenters. The van der Waals surface area contributed by atoms with Gasteiger partial charge in [0.05, 0.1) is 6.61 Å². The molecule has 106 valence electrons. The van der Waals surface area contributed by atoms with Crippen molar-refractivity contribution in [1.29, 1.82) is 0 Å². The molecule has 1 amide bonds. The zero-order valence-corrected chi connectivity index (χ0v) is 11.5. The van der Waals surface area contributed by atoms with E-state index in [0.29, 0.717) is 0 Å². The van der Waals surface area contributed by atoms with E-state index >= 15 is 0 Å². The number of rotatable bonds is 6. The van der Waals surface area contributed by atoms with E-state index in [1.54, 1.807) is 13.2 Å². The minimum Gasteiger partial charge on any atom is -0.395 e. The lowest BCUT2D eigenvalue weighted by molar-refractivity contribution is -0.148. The fraction of sp³-hybridized carbons (Fsp3) is 0.500. The number of thioether (sulfide) groups is 1. The average Bonchev–Trinajstić information content (AvgIpc) is 2.41. The number of hydrogen-bond donors (Lipinski definition) is 2. The van der Waals surface area contributed by atoms with Crippen LogP contribution in [-0.2, 0) is 10.7 Å². The first-order valence-corrected chi connectivity index (χ1v) is 6.96. The zero-order chi connectivity index (χ0) is 14.5. The molecule has 0 aromatic carbocycles.